The Labute approximate surface area is 233 Å². The van der Waals surface area contributed by atoms with Crippen molar-refractivity contribution in [1.82, 2.24) is 9.97 Å². The van der Waals surface area contributed by atoms with Crippen molar-refractivity contribution < 1.29 is 4.43 Å². The summed E-state index contributed by atoms with van der Waals surface area (Å²) in [6.07, 6.45) is 4.62. The highest BCUT2D eigenvalue weighted by atomic mass is 79.9. The summed E-state index contributed by atoms with van der Waals surface area (Å²) in [5, 5.41) is 2.63. The van der Waals surface area contributed by atoms with E-state index in [0.717, 1.165) is 29.1 Å². The minimum atomic E-state index is -2.51. The van der Waals surface area contributed by atoms with Crippen molar-refractivity contribution in [3.05, 3.63) is 101 Å². The number of hydrogen-bond donors (Lipinski definition) is 0. The Morgan fingerprint density at radius 1 is 0.919 bits per heavy atom. The Morgan fingerprint density at radius 2 is 1.54 bits per heavy atom. The van der Waals surface area contributed by atoms with Crippen LogP contribution in [-0.2, 0) is 10.8 Å². The van der Waals surface area contributed by atoms with Gasteiger partial charge in [-0.05, 0) is 55.5 Å². The summed E-state index contributed by atoms with van der Waals surface area (Å²) in [6, 6.07) is 28.5. The number of fused-ring (bicyclic) bond motifs is 1. The first kappa shape index (κ1) is 26.2. The maximum absolute atomic E-state index is 7.07. The molecule has 1 aliphatic heterocycles. The van der Waals surface area contributed by atoms with Gasteiger partial charge in [-0.15, -0.1) is 11.8 Å². The summed E-state index contributed by atoms with van der Waals surface area (Å²) in [7, 11) is -2.51. The number of benzene rings is 3. The molecule has 1 aromatic heterocycles. The van der Waals surface area contributed by atoms with Crippen LogP contribution in [0.2, 0.25) is 5.04 Å². The third kappa shape index (κ3) is 5.41. The number of thioether (sulfide) groups is 1. The van der Waals surface area contributed by atoms with Crippen LogP contribution in [0.5, 0.6) is 0 Å². The van der Waals surface area contributed by atoms with Crippen LogP contribution in [0, 0.1) is 0 Å². The van der Waals surface area contributed by atoms with Crippen LogP contribution in [0.1, 0.15) is 26.3 Å². The van der Waals surface area contributed by atoms with E-state index in [-0.39, 0.29) is 5.04 Å². The third-order valence-electron chi connectivity index (χ3n) is 6.89. The van der Waals surface area contributed by atoms with E-state index in [1.807, 2.05) is 11.8 Å². The van der Waals surface area contributed by atoms with Gasteiger partial charge in [-0.1, -0.05) is 87.5 Å². The number of anilines is 2. The smallest absolute Gasteiger partial charge is 0.261 e. The van der Waals surface area contributed by atoms with E-state index in [1.165, 1.54) is 26.5 Å². The van der Waals surface area contributed by atoms with Gasteiger partial charge in [0.15, 0.2) is 0 Å². The Balaban J connectivity index is 1.34. The van der Waals surface area contributed by atoms with E-state index >= 15 is 0 Å². The summed E-state index contributed by atoms with van der Waals surface area (Å²) in [5.41, 5.74) is 2.56. The van der Waals surface area contributed by atoms with E-state index in [1.54, 1.807) is 12.4 Å². The van der Waals surface area contributed by atoms with Crippen molar-refractivity contribution in [2.75, 3.05) is 23.8 Å². The fourth-order valence-corrected chi connectivity index (χ4v) is 10.9. The minimum Gasteiger partial charge on any atom is -0.407 e. The lowest BCUT2D eigenvalue weighted by atomic mass is 10.2. The normalized spacial score (nSPS) is 13.6. The van der Waals surface area contributed by atoms with Gasteiger partial charge in [-0.25, -0.2) is 9.97 Å². The standard InChI is InChI=1S/C30H32BrN3OSSi/c1-30(2,3)37(26-10-6-4-7-11-26,27-12-8-5-9-13-27)35-18-19-36-25-15-14-23-16-17-34(28(23)20-25)29-32-21-24(31)22-33-29/h4-15,20-22H,16-19H2,1-3H3. The Kier molecular flexibility index (Phi) is 7.86. The van der Waals surface area contributed by atoms with Crippen molar-refractivity contribution in [1.29, 1.82) is 0 Å². The molecule has 7 heteroatoms. The van der Waals surface area contributed by atoms with Crippen LogP contribution in [-0.4, -0.2) is 37.2 Å². The monoisotopic (exact) mass is 589 g/mol. The highest BCUT2D eigenvalue weighted by Gasteiger charge is 2.49. The first-order chi connectivity index (χ1) is 17.9. The zero-order valence-electron chi connectivity index (χ0n) is 21.5. The molecule has 2 heterocycles. The molecule has 5 rings (SSSR count). The summed E-state index contributed by atoms with van der Waals surface area (Å²) in [5.74, 6) is 1.64. The predicted molar refractivity (Wildman–Crippen MR) is 161 cm³/mol. The van der Waals surface area contributed by atoms with Crippen molar-refractivity contribution >= 4 is 58.0 Å². The fourth-order valence-electron chi connectivity index (χ4n) is 5.22. The second-order valence-corrected chi connectivity index (χ2v) is 16.6. The first-order valence-corrected chi connectivity index (χ1v) is 16.3. The molecular formula is C30H32BrN3OSSi. The summed E-state index contributed by atoms with van der Waals surface area (Å²) < 4.78 is 7.96. The maximum Gasteiger partial charge on any atom is 0.261 e. The molecule has 37 heavy (non-hydrogen) atoms. The van der Waals surface area contributed by atoms with Crippen LogP contribution >= 0.6 is 27.7 Å². The quantitative estimate of drug-likeness (QED) is 0.131. The molecule has 0 N–H and O–H groups in total. The second-order valence-electron chi connectivity index (χ2n) is 10.3. The second kappa shape index (κ2) is 11.1. The minimum absolute atomic E-state index is 0.0148. The molecule has 4 nitrogen and oxygen atoms in total. The molecular weight excluding hydrogens is 558 g/mol. The maximum atomic E-state index is 7.07. The average Bonchev–Trinajstić information content (AvgIpc) is 3.33. The average molecular weight is 591 g/mol. The zero-order valence-corrected chi connectivity index (χ0v) is 24.9. The third-order valence-corrected chi connectivity index (χ3v) is 13.3. The lowest BCUT2D eigenvalue weighted by molar-refractivity contribution is 0.322. The number of halogens is 1. The molecule has 190 valence electrons. The van der Waals surface area contributed by atoms with Crippen molar-refractivity contribution in [3.63, 3.8) is 0 Å². The molecule has 0 unspecified atom stereocenters. The molecule has 0 bridgehead atoms. The Hall–Kier alpha value is -2.45. The van der Waals surface area contributed by atoms with Crippen LogP contribution in [0.15, 0.2) is 101 Å². The van der Waals surface area contributed by atoms with Crippen LogP contribution in [0.25, 0.3) is 0 Å². The lowest BCUT2D eigenvalue weighted by Gasteiger charge is -2.43. The van der Waals surface area contributed by atoms with Gasteiger partial charge in [0.05, 0.1) is 4.47 Å². The van der Waals surface area contributed by atoms with Gasteiger partial charge in [0, 0.05) is 41.9 Å². The first-order valence-electron chi connectivity index (χ1n) is 12.6. The van der Waals surface area contributed by atoms with Gasteiger partial charge >= 0.3 is 0 Å². The van der Waals surface area contributed by atoms with Crippen molar-refractivity contribution in [3.8, 4) is 0 Å². The molecule has 4 aromatic rings. The van der Waals surface area contributed by atoms with Gasteiger partial charge < -0.3 is 9.33 Å². The highest BCUT2D eigenvalue weighted by Crippen LogP contribution is 2.38. The van der Waals surface area contributed by atoms with Gasteiger partial charge in [-0.3, -0.25) is 0 Å². The Bertz CT molecular complexity index is 1290. The number of rotatable bonds is 8. The number of nitrogens with zero attached hydrogens (tertiary/aromatic N) is 3. The molecule has 0 aliphatic carbocycles. The summed E-state index contributed by atoms with van der Waals surface area (Å²) >= 11 is 5.28. The number of hydrogen-bond acceptors (Lipinski definition) is 5. The van der Waals surface area contributed by atoms with Crippen LogP contribution < -0.4 is 15.3 Å². The van der Waals surface area contributed by atoms with E-state index < -0.39 is 8.32 Å². The molecule has 3 aromatic carbocycles. The number of aromatic nitrogens is 2. The van der Waals surface area contributed by atoms with Gasteiger partial charge in [0.25, 0.3) is 8.32 Å². The van der Waals surface area contributed by atoms with Crippen molar-refractivity contribution in [2.45, 2.75) is 37.1 Å². The highest BCUT2D eigenvalue weighted by molar-refractivity contribution is 9.10. The summed E-state index contributed by atoms with van der Waals surface area (Å²) in [4.78, 5) is 12.5. The van der Waals surface area contributed by atoms with Gasteiger partial charge in [-0.2, -0.15) is 0 Å². The Morgan fingerprint density at radius 3 is 2.14 bits per heavy atom. The molecule has 0 atom stereocenters. The molecule has 0 radical (unpaired) electrons. The van der Waals surface area contributed by atoms with E-state index in [9.17, 15) is 0 Å². The van der Waals surface area contributed by atoms with Gasteiger partial charge in [0.2, 0.25) is 5.95 Å². The van der Waals surface area contributed by atoms with Crippen LogP contribution in [0.4, 0.5) is 11.6 Å². The van der Waals surface area contributed by atoms with E-state index in [0.29, 0.717) is 6.61 Å². The molecule has 0 spiro atoms. The van der Waals surface area contributed by atoms with Crippen LogP contribution in [0.3, 0.4) is 0 Å². The molecule has 0 amide bonds. The summed E-state index contributed by atoms with van der Waals surface area (Å²) in [6.45, 7) is 8.57. The molecule has 0 fully saturated rings. The molecule has 1 aliphatic rings. The molecule has 0 saturated heterocycles. The zero-order chi connectivity index (χ0) is 25.9. The largest absolute Gasteiger partial charge is 0.407 e. The SMILES string of the molecule is CC(C)(C)[Si](OCCSc1ccc2c(c1)N(c1ncc(Br)cn1)CC2)(c1ccccc1)c1ccccc1. The topological polar surface area (TPSA) is 38.2 Å². The van der Waals surface area contributed by atoms with E-state index in [2.05, 4.69) is 130 Å². The lowest BCUT2D eigenvalue weighted by Crippen LogP contribution is -2.66. The van der Waals surface area contributed by atoms with Gasteiger partial charge in [0.1, 0.15) is 0 Å². The van der Waals surface area contributed by atoms with E-state index in [4.69, 9.17) is 4.43 Å². The predicted octanol–water partition coefficient (Wildman–Crippen LogP) is 6.60. The van der Waals surface area contributed by atoms with Crippen molar-refractivity contribution in [2.24, 2.45) is 0 Å². The molecule has 0 saturated carbocycles. The fraction of sp³-hybridized carbons (Fsp3) is 0.267.